The highest BCUT2D eigenvalue weighted by Gasteiger charge is 2.20. The van der Waals surface area contributed by atoms with Gasteiger partial charge in [0, 0.05) is 4.47 Å². The van der Waals surface area contributed by atoms with E-state index in [0.717, 1.165) is 10.0 Å². The minimum atomic E-state index is -0.538. The molecule has 0 amide bonds. The third-order valence-corrected chi connectivity index (χ3v) is 3.10. The van der Waals surface area contributed by atoms with E-state index >= 15 is 0 Å². The first-order chi connectivity index (χ1) is 8.99. The number of hydrogen-bond acceptors (Lipinski definition) is 3. The first-order valence-electron chi connectivity index (χ1n) is 5.92. The molecule has 4 heteroatoms. The summed E-state index contributed by atoms with van der Waals surface area (Å²) in [5.41, 5.74) is 0.279. The number of rotatable bonds is 4. The lowest BCUT2D eigenvalue weighted by Crippen LogP contribution is -2.36. The second-order valence-corrected chi connectivity index (χ2v) is 5.37. The second kappa shape index (κ2) is 5.53. The molecule has 0 heterocycles. The molecule has 0 aromatic heterocycles. The van der Waals surface area contributed by atoms with Gasteiger partial charge >= 0.3 is 0 Å². The van der Waals surface area contributed by atoms with E-state index in [-0.39, 0.29) is 11.9 Å². The van der Waals surface area contributed by atoms with Crippen molar-refractivity contribution in [1.29, 1.82) is 0 Å². The summed E-state index contributed by atoms with van der Waals surface area (Å²) in [6, 6.07) is 7.64. The Morgan fingerprint density at radius 3 is 2.26 bits per heavy atom. The molecule has 0 bridgehead atoms. The summed E-state index contributed by atoms with van der Waals surface area (Å²) in [5.74, 6) is 0.174. The third-order valence-electron chi connectivity index (χ3n) is 2.57. The summed E-state index contributed by atoms with van der Waals surface area (Å²) < 4.78 is 6.33. The maximum Gasteiger partial charge on any atom is 0.268 e. The molecule has 3 nitrogen and oxygen atoms in total. The van der Waals surface area contributed by atoms with Gasteiger partial charge < -0.3 is 4.74 Å². The molecule has 0 aliphatic carbocycles. The van der Waals surface area contributed by atoms with Gasteiger partial charge in [-0.1, -0.05) is 34.1 Å². The first-order valence-corrected chi connectivity index (χ1v) is 6.72. The highest BCUT2D eigenvalue weighted by Crippen LogP contribution is 2.17. The molecule has 2 aromatic carbocycles. The predicted octanol–water partition coefficient (Wildman–Crippen LogP) is 3.00. The van der Waals surface area contributed by atoms with E-state index in [2.05, 4.69) is 15.9 Å². The maximum absolute atomic E-state index is 11.5. The van der Waals surface area contributed by atoms with Gasteiger partial charge in [-0.3, -0.25) is 9.59 Å². The van der Waals surface area contributed by atoms with Gasteiger partial charge in [0.15, 0.2) is 5.75 Å². The van der Waals surface area contributed by atoms with Gasteiger partial charge in [0.05, 0.1) is 11.7 Å². The Hall–Kier alpha value is -1.68. The zero-order valence-corrected chi connectivity index (χ0v) is 12.2. The molecule has 0 N–H and O–H groups in total. The Labute approximate surface area is 119 Å². The maximum atomic E-state index is 11.5. The largest absolute Gasteiger partial charge is 0.486 e. The molecule has 0 unspecified atom stereocenters. The fourth-order valence-corrected chi connectivity index (χ4v) is 1.91. The number of ether oxygens (including phenoxy) is 1. The van der Waals surface area contributed by atoms with Gasteiger partial charge in [0.1, 0.15) is 0 Å². The van der Waals surface area contributed by atoms with Crippen LogP contribution in [-0.4, -0.2) is 6.10 Å². The molecule has 0 atom stereocenters. The minimum Gasteiger partial charge on any atom is -0.486 e. The smallest absolute Gasteiger partial charge is 0.268 e. The van der Waals surface area contributed by atoms with Crippen LogP contribution >= 0.6 is 15.9 Å². The van der Waals surface area contributed by atoms with Gasteiger partial charge in [-0.15, -0.1) is 0 Å². The number of benzene rings is 1. The van der Waals surface area contributed by atoms with Crippen LogP contribution in [-0.2, 0) is 0 Å². The zero-order valence-electron chi connectivity index (χ0n) is 10.6. The lowest BCUT2D eigenvalue weighted by atomic mass is 10.1. The van der Waals surface area contributed by atoms with Crippen molar-refractivity contribution in [2.45, 2.75) is 20.0 Å². The van der Waals surface area contributed by atoms with Gasteiger partial charge in [-0.05, 0) is 37.6 Å². The second-order valence-electron chi connectivity index (χ2n) is 4.45. The first kappa shape index (κ1) is 13.7. The van der Waals surface area contributed by atoms with Crippen molar-refractivity contribution in [2.75, 3.05) is 0 Å². The van der Waals surface area contributed by atoms with E-state index < -0.39 is 10.9 Å². The van der Waals surface area contributed by atoms with E-state index in [1.807, 2.05) is 38.1 Å². The monoisotopic (exact) mass is 320 g/mol. The molecule has 2 rings (SSSR count). The number of halogens is 1. The molecule has 19 heavy (non-hydrogen) atoms. The van der Waals surface area contributed by atoms with Gasteiger partial charge in [0.25, 0.3) is 5.43 Å². The molecule has 2 aromatic rings. The third kappa shape index (κ3) is 3.01. The molecule has 0 spiro atoms. The van der Waals surface area contributed by atoms with Crippen molar-refractivity contribution >= 4 is 28.1 Å². The summed E-state index contributed by atoms with van der Waals surface area (Å²) in [6.45, 7) is 3.64. The summed E-state index contributed by atoms with van der Waals surface area (Å²) >= 11 is 3.35. The van der Waals surface area contributed by atoms with Crippen LogP contribution in [0.5, 0.6) is 5.75 Å². The Bertz CT molecular complexity index is 674. The van der Waals surface area contributed by atoms with Crippen molar-refractivity contribution < 1.29 is 4.74 Å². The molecule has 0 aliphatic rings. The lowest BCUT2D eigenvalue weighted by molar-refractivity contribution is 0.236. The SMILES string of the molecule is CC(C)Oc1c(/C=C/c2ccc(Br)cc2)c(=O)c1=O. The molecule has 0 saturated heterocycles. The van der Waals surface area contributed by atoms with Crippen LogP contribution < -0.4 is 15.6 Å². The molecular weight excluding hydrogens is 308 g/mol. The minimum absolute atomic E-state index is 0.122. The molecule has 0 saturated carbocycles. The Morgan fingerprint density at radius 2 is 1.68 bits per heavy atom. The highest BCUT2D eigenvalue weighted by molar-refractivity contribution is 9.10. The molecule has 0 aliphatic heterocycles. The van der Waals surface area contributed by atoms with Crippen LogP contribution in [0.15, 0.2) is 38.3 Å². The topological polar surface area (TPSA) is 43.4 Å². The van der Waals surface area contributed by atoms with Crippen molar-refractivity contribution in [1.82, 2.24) is 0 Å². The van der Waals surface area contributed by atoms with Crippen molar-refractivity contribution in [3.63, 3.8) is 0 Å². The van der Waals surface area contributed by atoms with Crippen LogP contribution in [0.1, 0.15) is 25.0 Å². The molecule has 98 valence electrons. The highest BCUT2D eigenvalue weighted by atomic mass is 79.9. The molecule has 0 fully saturated rings. The Balaban J connectivity index is 2.24. The standard InChI is InChI=1S/C15H13BrO3/c1-9(2)19-15-12(13(17)14(15)18)8-5-10-3-6-11(16)7-4-10/h3-9H,1-2H3/b8-5+. The summed E-state index contributed by atoms with van der Waals surface area (Å²) in [5, 5.41) is 0. The predicted molar refractivity (Wildman–Crippen MR) is 80.2 cm³/mol. The normalized spacial score (nSPS) is 11.6. The van der Waals surface area contributed by atoms with E-state index in [4.69, 9.17) is 4.74 Å². The average Bonchev–Trinajstić information content (AvgIpc) is 2.39. The quantitative estimate of drug-likeness (QED) is 0.813. The fourth-order valence-electron chi connectivity index (χ4n) is 1.65. The van der Waals surface area contributed by atoms with Crippen LogP contribution in [0.4, 0.5) is 0 Å². The fraction of sp³-hybridized carbons (Fsp3) is 0.200. The summed E-state index contributed by atoms with van der Waals surface area (Å²) in [6.07, 6.45) is 3.30. The van der Waals surface area contributed by atoms with Crippen molar-refractivity contribution in [3.05, 3.63) is 60.3 Å². The van der Waals surface area contributed by atoms with E-state index in [9.17, 15) is 9.59 Å². The molecule has 0 radical (unpaired) electrons. The average molecular weight is 321 g/mol. The number of hydrogen-bond donors (Lipinski definition) is 0. The van der Waals surface area contributed by atoms with E-state index in [1.54, 1.807) is 12.2 Å². The lowest BCUT2D eigenvalue weighted by Gasteiger charge is -2.12. The Kier molecular flexibility index (Phi) is 4.00. The van der Waals surface area contributed by atoms with Crippen LogP contribution in [0.25, 0.3) is 12.2 Å². The van der Waals surface area contributed by atoms with Crippen LogP contribution in [0, 0.1) is 0 Å². The van der Waals surface area contributed by atoms with E-state index in [1.165, 1.54) is 0 Å². The Morgan fingerprint density at radius 1 is 1.05 bits per heavy atom. The summed E-state index contributed by atoms with van der Waals surface area (Å²) in [7, 11) is 0. The van der Waals surface area contributed by atoms with E-state index in [0.29, 0.717) is 5.56 Å². The van der Waals surface area contributed by atoms with Gasteiger partial charge in [0.2, 0.25) is 5.43 Å². The van der Waals surface area contributed by atoms with Crippen LogP contribution in [0.2, 0.25) is 0 Å². The van der Waals surface area contributed by atoms with Crippen LogP contribution in [0.3, 0.4) is 0 Å². The van der Waals surface area contributed by atoms with Gasteiger partial charge in [-0.25, -0.2) is 0 Å². The van der Waals surface area contributed by atoms with Gasteiger partial charge in [-0.2, -0.15) is 0 Å². The van der Waals surface area contributed by atoms with Crippen molar-refractivity contribution in [2.24, 2.45) is 0 Å². The summed E-state index contributed by atoms with van der Waals surface area (Å²) in [4.78, 5) is 22.9. The molecular formula is C15H13BrO3. The zero-order chi connectivity index (χ0) is 14.0. The van der Waals surface area contributed by atoms with Crippen molar-refractivity contribution in [3.8, 4) is 5.75 Å².